The second-order valence-electron chi connectivity index (χ2n) is 5.20. The van der Waals surface area contributed by atoms with E-state index in [1.54, 1.807) is 18.2 Å². The Balaban J connectivity index is 2.48. The molecule has 112 valence electrons. The molecule has 0 aliphatic heterocycles. The van der Waals surface area contributed by atoms with Crippen LogP contribution < -0.4 is 5.32 Å². The van der Waals surface area contributed by atoms with Gasteiger partial charge in [-0.2, -0.15) is 0 Å². The molecule has 0 unspecified atom stereocenters. The molecule has 3 nitrogen and oxygen atoms in total. The predicted molar refractivity (Wildman–Crippen MR) is 85.3 cm³/mol. The first-order valence-electron chi connectivity index (χ1n) is 7.09. The molecule has 0 aliphatic rings. The molecular weight excluding hydrogens is 289 g/mol. The van der Waals surface area contributed by atoms with E-state index in [0.717, 1.165) is 18.8 Å². The maximum Gasteiger partial charge on any atom is 0.134 e. The normalized spacial score (nSPS) is 11.0. The van der Waals surface area contributed by atoms with Gasteiger partial charge in [0, 0.05) is 29.1 Å². The minimum atomic E-state index is -0.377. The van der Waals surface area contributed by atoms with Crippen LogP contribution in [0.3, 0.4) is 0 Å². The van der Waals surface area contributed by atoms with Crippen LogP contribution in [0.25, 0.3) is 11.3 Å². The molecular formula is C16H19ClFN3. The van der Waals surface area contributed by atoms with Crippen molar-refractivity contribution in [2.75, 3.05) is 11.9 Å². The molecule has 5 heteroatoms. The second-order valence-corrected chi connectivity index (χ2v) is 5.64. The van der Waals surface area contributed by atoms with Crippen molar-refractivity contribution in [2.45, 2.75) is 33.1 Å². The van der Waals surface area contributed by atoms with Crippen LogP contribution in [0.4, 0.5) is 10.2 Å². The van der Waals surface area contributed by atoms with Gasteiger partial charge in [-0.25, -0.2) is 14.4 Å². The number of nitrogens with one attached hydrogen (secondary N) is 1. The molecule has 1 heterocycles. The number of anilines is 1. The average molecular weight is 308 g/mol. The molecule has 0 saturated carbocycles. The number of halogens is 2. The monoisotopic (exact) mass is 307 g/mol. The minimum absolute atomic E-state index is 0.169. The minimum Gasteiger partial charge on any atom is -0.370 e. The molecule has 0 atom stereocenters. The Bertz CT molecular complexity index is 629. The lowest BCUT2D eigenvalue weighted by Gasteiger charge is -2.12. The molecule has 0 spiro atoms. The first-order chi connectivity index (χ1) is 10.0. The van der Waals surface area contributed by atoms with E-state index in [4.69, 9.17) is 11.6 Å². The van der Waals surface area contributed by atoms with Crippen LogP contribution in [-0.2, 0) is 0 Å². The molecule has 0 fully saturated rings. The highest BCUT2D eigenvalue weighted by molar-refractivity contribution is 6.30. The lowest BCUT2D eigenvalue weighted by molar-refractivity contribution is 0.630. The third-order valence-corrected chi connectivity index (χ3v) is 3.26. The van der Waals surface area contributed by atoms with Crippen molar-refractivity contribution in [3.8, 4) is 11.3 Å². The fourth-order valence-corrected chi connectivity index (χ4v) is 2.06. The molecule has 0 aliphatic carbocycles. The lowest BCUT2D eigenvalue weighted by atomic mass is 10.1. The molecule has 0 saturated heterocycles. The van der Waals surface area contributed by atoms with E-state index in [2.05, 4.69) is 22.2 Å². The number of hydrogen-bond acceptors (Lipinski definition) is 3. The topological polar surface area (TPSA) is 37.8 Å². The van der Waals surface area contributed by atoms with Gasteiger partial charge in [-0.15, -0.1) is 0 Å². The second kappa shape index (κ2) is 6.85. The standard InChI is InChI=1S/C16H19ClFN3/c1-4-7-19-15-9-14(20-16(21-15)10(2)3)12-6-5-11(17)8-13(12)18/h5-6,8-10H,4,7H2,1-3H3,(H,19,20,21). The van der Waals surface area contributed by atoms with Gasteiger partial charge in [0.25, 0.3) is 0 Å². The first-order valence-corrected chi connectivity index (χ1v) is 7.47. The van der Waals surface area contributed by atoms with Crippen molar-refractivity contribution >= 4 is 17.4 Å². The Morgan fingerprint density at radius 2 is 2.00 bits per heavy atom. The van der Waals surface area contributed by atoms with Crippen molar-refractivity contribution in [1.82, 2.24) is 9.97 Å². The third-order valence-electron chi connectivity index (χ3n) is 3.02. The zero-order chi connectivity index (χ0) is 15.4. The van der Waals surface area contributed by atoms with Crippen LogP contribution >= 0.6 is 11.6 Å². The molecule has 1 aromatic heterocycles. The van der Waals surface area contributed by atoms with Gasteiger partial charge in [0.1, 0.15) is 17.5 Å². The van der Waals surface area contributed by atoms with Crippen LogP contribution in [0.2, 0.25) is 5.02 Å². The van der Waals surface area contributed by atoms with Gasteiger partial charge in [0.05, 0.1) is 5.69 Å². The highest BCUT2D eigenvalue weighted by atomic mass is 35.5. The zero-order valence-electron chi connectivity index (χ0n) is 12.5. The molecule has 0 amide bonds. The summed E-state index contributed by atoms with van der Waals surface area (Å²) in [4.78, 5) is 8.94. The summed E-state index contributed by atoms with van der Waals surface area (Å²) in [5.41, 5.74) is 1.00. The molecule has 1 aromatic carbocycles. The van der Waals surface area contributed by atoms with Crippen molar-refractivity contribution in [3.63, 3.8) is 0 Å². The highest BCUT2D eigenvalue weighted by Crippen LogP contribution is 2.26. The van der Waals surface area contributed by atoms with Crippen molar-refractivity contribution in [2.24, 2.45) is 0 Å². The molecule has 0 bridgehead atoms. The third kappa shape index (κ3) is 3.91. The van der Waals surface area contributed by atoms with Crippen LogP contribution in [-0.4, -0.2) is 16.5 Å². The maximum atomic E-state index is 14.1. The van der Waals surface area contributed by atoms with E-state index in [9.17, 15) is 4.39 Å². The lowest BCUT2D eigenvalue weighted by Crippen LogP contribution is -2.07. The van der Waals surface area contributed by atoms with E-state index in [1.807, 2.05) is 13.8 Å². The summed E-state index contributed by atoms with van der Waals surface area (Å²) in [6.45, 7) is 6.93. The molecule has 2 rings (SSSR count). The highest BCUT2D eigenvalue weighted by Gasteiger charge is 2.12. The van der Waals surface area contributed by atoms with Crippen molar-refractivity contribution in [1.29, 1.82) is 0 Å². The summed E-state index contributed by atoms with van der Waals surface area (Å²) in [6.07, 6.45) is 0.992. The van der Waals surface area contributed by atoms with Crippen molar-refractivity contribution in [3.05, 3.63) is 40.9 Å². The van der Waals surface area contributed by atoms with Crippen molar-refractivity contribution < 1.29 is 4.39 Å². The van der Waals surface area contributed by atoms with Gasteiger partial charge in [0.15, 0.2) is 0 Å². The Morgan fingerprint density at radius 1 is 1.24 bits per heavy atom. The number of nitrogens with zero attached hydrogens (tertiary/aromatic N) is 2. The zero-order valence-corrected chi connectivity index (χ0v) is 13.2. The smallest absolute Gasteiger partial charge is 0.134 e. The number of aromatic nitrogens is 2. The van der Waals surface area contributed by atoms with E-state index in [1.165, 1.54) is 6.07 Å². The van der Waals surface area contributed by atoms with Gasteiger partial charge in [-0.3, -0.25) is 0 Å². The molecule has 2 aromatic rings. The summed E-state index contributed by atoms with van der Waals surface area (Å²) < 4.78 is 14.1. The van der Waals surface area contributed by atoms with Crippen LogP contribution in [0.1, 0.15) is 38.9 Å². The van der Waals surface area contributed by atoms with E-state index in [-0.39, 0.29) is 11.7 Å². The Kier molecular flexibility index (Phi) is 5.12. The fraction of sp³-hybridized carbons (Fsp3) is 0.375. The maximum absolute atomic E-state index is 14.1. The Hall–Kier alpha value is -1.68. The number of hydrogen-bond donors (Lipinski definition) is 1. The predicted octanol–water partition coefficient (Wildman–Crippen LogP) is 4.88. The SMILES string of the molecule is CCCNc1cc(-c2ccc(Cl)cc2F)nc(C(C)C)n1. The summed E-state index contributed by atoms with van der Waals surface area (Å²) >= 11 is 5.80. The Morgan fingerprint density at radius 3 is 2.62 bits per heavy atom. The van der Waals surface area contributed by atoms with E-state index >= 15 is 0 Å². The fourth-order valence-electron chi connectivity index (χ4n) is 1.90. The van der Waals surface area contributed by atoms with Crippen LogP contribution in [0.5, 0.6) is 0 Å². The molecule has 21 heavy (non-hydrogen) atoms. The van der Waals surface area contributed by atoms with Gasteiger partial charge in [0.2, 0.25) is 0 Å². The van der Waals surface area contributed by atoms with Gasteiger partial charge >= 0.3 is 0 Å². The van der Waals surface area contributed by atoms with E-state index in [0.29, 0.717) is 22.1 Å². The quantitative estimate of drug-likeness (QED) is 0.855. The summed E-state index contributed by atoms with van der Waals surface area (Å²) in [5.74, 6) is 1.21. The van der Waals surface area contributed by atoms with Crippen LogP contribution in [0.15, 0.2) is 24.3 Å². The summed E-state index contributed by atoms with van der Waals surface area (Å²) in [6, 6.07) is 6.38. The Labute approximate surface area is 129 Å². The van der Waals surface area contributed by atoms with E-state index < -0.39 is 0 Å². The van der Waals surface area contributed by atoms with Crippen LogP contribution in [0, 0.1) is 5.82 Å². The molecule has 1 N–H and O–H groups in total. The van der Waals surface area contributed by atoms with Gasteiger partial charge < -0.3 is 5.32 Å². The molecule has 0 radical (unpaired) electrons. The number of benzene rings is 1. The summed E-state index contributed by atoms with van der Waals surface area (Å²) in [7, 11) is 0. The van der Waals surface area contributed by atoms with Gasteiger partial charge in [-0.05, 0) is 24.6 Å². The first kappa shape index (κ1) is 15.7. The summed E-state index contributed by atoms with van der Waals surface area (Å²) in [5, 5.41) is 3.60. The van der Waals surface area contributed by atoms with Gasteiger partial charge in [-0.1, -0.05) is 32.4 Å². The average Bonchev–Trinajstić information content (AvgIpc) is 2.44. The largest absolute Gasteiger partial charge is 0.370 e. The number of rotatable bonds is 5.